The number of aromatic nitrogens is 4. The van der Waals surface area contributed by atoms with E-state index in [0.717, 1.165) is 97.1 Å². The second-order valence-electron chi connectivity index (χ2n) is 14.5. The van der Waals surface area contributed by atoms with E-state index >= 15 is 0 Å². The number of rotatable bonds is 8. The predicted octanol–water partition coefficient (Wildman–Crippen LogP) is 5.39. The Morgan fingerprint density at radius 2 is 0.410 bits per heavy atom. The first-order valence-corrected chi connectivity index (χ1v) is 21.3. The number of aryl methyl sites for hydroxylation is 4. The van der Waals surface area contributed by atoms with Gasteiger partial charge in [0.25, 0.3) is 22.7 Å². The van der Waals surface area contributed by atoms with E-state index in [2.05, 4.69) is 19.9 Å². The zero-order valence-corrected chi connectivity index (χ0v) is 43.7. The Balaban J connectivity index is 0. The van der Waals surface area contributed by atoms with Crippen LogP contribution in [0.25, 0.3) is 0 Å². The summed E-state index contributed by atoms with van der Waals surface area (Å²) in [6, 6.07) is 33.8. The molecule has 26 heteroatoms. The standard InChI is InChI=1S/4C7H5NO4.4C6H7N.2Mn/c4*9-7(10)5-1-3-6(4-2-5)8(11)12;4*1-6-2-4-7-5-3-6;;/h4*1-4H,(H,9,10);4*2-5H,1H3;;/q;;;;;;;;2*+2/p-4. The molecule has 402 valence electrons. The molecule has 0 bridgehead atoms. The molecule has 0 aliphatic heterocycles. The van der Waals surface area contributed by atoms with Crippen molar-refractivity contribution in [3.05, 3.63) is 280 Å². The summed E-state index contributed by atoms with van der Waals surface area (Å²) in [6.45, 7) is 8.17. The Morgan fingerprint density at radius 3 is 0.487 bits per heavy atom. The molecule has 24 nitrogen and oxygen atoms in total. The number of nitrogens with zero attached hydrogens (tertiary/aromatic N) is 8. The van der Waals surface area contributed by atoms with E-state index in [-0.39, 0.29) is 79.1 Å². The third-order valence-electron chi connectivity index (χ3n) is 8.64. The van der Waals surface area contributed by atoms with Crippen molar-refractivity contribution in [2.75, 3.05) is 0 Å². The third-order valence-corrected chi connectivity index (χ3v) is 8.64. The van der Waals surface area contributed by atoms with Gasteiger partial charge in [-0.3, -0.25) is 60.4 Å². The number of carbonyl (C=O) groups excluding carboxylic acids is 4. The molecule has 0 N–H and O–H groups in total. The van der Waals surface area contributed by atoms with Gasteiger partial charge in [0, 0.05) is 98.1 Å². The summed E-state index contributed by atoms with van der Waals surface area (Å²) in [5.41, 5.74) is 4.21. The van der Waals surface area contributed by atoms with Gasteiger partial charge in [0.2, 0.25) is 0 Å². The molecule has 0 aliphatic rings. The van der Waals surface area contributed by atoms with Crippen LogP contribution in [-0.4, -0.2) is 63.5 Å². The molecule has 4 aromatic carbocycles. The summed E-state index contributed by atoms with van der Waals surface area (Å²) in [5, 5.41) is 81.3. The normalized spacial score (nSPS) is 8.87. The Labute approximate surface area is 465 Å². The van der Waals surface area contributed by atoms with E-state index in [1.807, 2.05) is 76.2 Å². The number of nitro groups is 4. The zero-order chi connectivity index (χ0) is 57.0. The molecule has 0 saturated carbocycles. The minimum absolute atomic E-state index is 0. The van der Waals surface area contributed by atoms with E-state index in [1.165, 1.54) is 22.3 Å². The summed E-state index contributed by atoms with van der Waals surface area (Å²) in [5.74, 6) is -5.37. The van der Waals surface area contributed by atoms with Gasteiger partial charge in [-0.15, -0.1) is 0 Å². The molecule has 0 amide bonds. The zero-order valence-electron chi connectivity index (χ0n) is 41.3. The fourth-order valence-corrected chi connectivity index (χ4v) is 4.58. The number of hydrogen-bond acceptors (Lipinski definition) is 20. The molecule has 2 radical (unpaired) electrons. The number of pyridine rings is 4. The summed E-state index contributed by atoms with van der Waals surface area (Å²) < 4.78 is 0. The van der Waals surface area contributed by atoms with Crippen molar-refractivity contribution in [1.29, 1.82) is 0 Å². The van der Waals surface area contributed by atoms with Crippen LogP contribution in [0.1, 0.15) is 63.7 Å². The van der Waals surface area contributed by atoms with Crippen LogP contribution in [0.4, 0.5) is 22.7 Å². The van der Waals surface area contributed by atoms with Crippen molar-refractivity contribution < 1.29 is 93.4 Å². The number of aromatic carboxylic acids is 4. The van der Waals surface area contributed by atoms with Crippen molar-refractivity contribution in [3.63, 3.8) is 0 Å². The van der Waals surface area contributed by atoms with Gasteiger partial charge in [0.1, 0.15) is 0 Å². The Bertz CT molecular complexity index is 2510. The SMILES string of the molecule is Cc1ccncc1.Cc1ccncc1.Cc1ccncc1.Cc1ccncc1.O=C([O-])c1ccc([N+](=O)[O-])cc1.O=C([O-])c1ccc([N+](=O)[O-])cc1.O=C([O-])c1ccc([N+](=O)[O-])cc1.O=C([O-])c1ccc([N+](=O)[O-])cc1.[Mn+2].[Mn+2]. The average molecular weight is 1150 g/mol. The largest absolute Gasteiger partial charge is 2.00 e. The van der Waals surface area contributed by atoms with Crippen molar-refractivity contribution in [1.82, 2.24) is 19.9 Å². The molecule has 0 spiro atoms. The monoisotopic (exact) mass is 1150 g/mol. The molecule has 0 atom stereocenters. The first-order chi connectivity index (χ1) is 36.0. The maximum Gasteiger partial charge on any atom is 2.00 e. The topological polar surface area (TPSA) is 385 Å². The molecule has 0 unspecified atom stereocenters. The van der Waals surface area contributed by atoms with Gasteiger partial charge >= 0.3 is 34.1 Å². The molecule has 0 aliphatic carbocycles. The smallest absolute Gasteiger partial charge is 0.545 e. The van der Waals surface area contributed by atoms with Crippen LogP contribution >= 0.6 is 0 Å². The molecule has 0 saturated heterocycles. The first kappa shape index (κ1) is 70.1. The van der Waals surface area contributed by atoms with Gasteiger partial charge in [0.05, 0.1) is 43.6 Å². The van der Waals surface area contributed by atoms with E-state index in [4.69, 9.17) is 0 Å². The molecule has 0 fully saturated rings. The number of benzene rings is 4. The van der Waals surface area contributed by atoms with Crippen LogP contribution in [-0.2, 0) is 34.1 Å². The third kappa shape index (κ3) is 31.6. The Morgan fingerprint density at radius 1 is 0.282 bits per heavy atom. The van der Waals surface area contributed by atoms with E-state index in [1.54, 1.807) is 49.6 Å². The number of carboxylic acids is 4. The minimum atomic E-state index is -1.34. The van der Waals surface area contributed by atoms with Crippen molar-refractivity contribution in [3.8, 4) is 0 Å². The molecule has 8 aromatic rings. The van der Waals surface area contributed by atoms with Crippen LogP contribution in [0, 0.1) is 68.2 Å². The van der Waals surface area contributed by atoms with E-state index in [0.29, 0.717) is 0 Å². The van der Waals surface area contributed by atoms with Crippen molar-refractivity contribution >= 4 is 46.6 Å². The molecule has 78 heavy (non-hydrogen) atoms. The minimum Gasteiger partial charge on any atom is -0.545 e. The number of non-ortho nitro benzene ring substituents is 4. The van der Waals surface area contributed by atoms with Crippen LogP contribution < -0.4 is 20.4 Å². The van der Waals surface area contributed by atoms with Gasteiger partial charge < -0.3 is 39.6 Å². The summed E-state index contributed by atoms with van der Waals surface area (Å²) in [4.78, 5) is 94.3. The summed E-state index contributed by atoms with van der Waals surface area (Å²) in [7, 11) is 0. The number of nitro benzene ring substituents is 4. The van der Waals surface area contributed by atoms with Gasteiger partial charge in [0.15, 0.2) is 0 Å². The molecular weight excluding hydrogens is 1100 g/mol. The molecule has 8 rings (SSSR count). The number of hydrogen-bond donors (Lipinski definition) is 0. The van der Waals surface area contributed by atoms with Gasteiger partial charge in [-0.2, -0.15) is 0 Å². The molecule has 4 aromatic heterocycles. The van der Waals surface area contributed by atoms with Crippen LogP contribution in [0.3, 0.4) is 0 Å². The Hall–Kier alpha value is -10.0. The average Bonchev–Trinajstić information content (AvgIpc) is 3.41. The van der Waals surface area contributed by atoms with Gasteiger partial charge in [-0.1, -0.05) is 0 Å². The number of carbonyl (C=O) groups is 4. The van der Waals surface area contributed by atoms with Crippen molar-refractivity contribution in [2.45, 2.75) is 27.7 Å². The van der Waals surface area contributed by atoms with Gasteiger partial charge in [-0.05, 0) is 169 Å². The summed E-state index contributed by atoms with van der Waals surface area (Å²) >= 11 is 0. The first-order valence-electron chi connectivity index (χ1n) is 21.3. The van der Waals surface area contributed by atoms with Crippen molar-refractivity contribution in [2.24, 2.45) is 0 Å². The second kappa shape index (κ2) is 39.5. The maximum atomic E-state index is 10.2. The second-order valence-corrected chi connectivity index (χ2v) is 14.5. The molecular formula is C52H44Mn2N8O16. The maximum absolute atomic E-state index is 10.2. The fourth-order valence-electron chi connectivity index (χ4n) is 4.58. The molecule has 4 heterocycles. The van der Waals surface area contributed by atoms with Gasteiger partial charge in [-0.25, -0.2) is 0 Å². The van der Waals surface area contributed by atoms with Crippen LogP contribution in [0.2, 0.25) is 0 Å². The quantitative estimate of drug-likeness (QED) is 0.104. The number of carboxylic acid groups (broad SMARTS) is 4. The van der Waals surface area contributed by atoms with E-state index < -0.39 is 43.6 Å². The fraction of sp³-hybridized carbons (Fsp3) is 0.0769. The predicted molar refractivity (Wildman–Crippen MR) is 266 cm³/mol. The summed E-state index contributed by atoms with van der Waals surface area (Å²) in [6.07, 6.45) is 14.3. The van der Waals surface area contributed by atoms with Crippen LogP contribution in [0.5, 0.6) is 0 Å². The Kier molecular flexibility index (Phi) is 35.5. The van der Waals surface area contributed by atoms with E-state index in [9.17, 15) is 80.1 Å². The van der Waals surface area contributed by atoms with Crippen LogP contribution in [0.15, 0.2) is 195 Å².